The number of carbonyl (C=O) groups is 1. The number of ketones is 1. The Morgan fingerprint density at radius 2 is 2.00 bits per heavy atom. The van der Waals surface area contributed by atoms with Crippen molar-refractivity contribution in [3.05, 3.63) is 68.2 Å². The molecule has 1 aliphatic carbocycles. The van der Waals surface area contributed by atoms with Crippen LogP contribution in [-0.4, -0.2) is 25.4 Å². The van der Waals surface area contributed by atoms with Gasteiger partial charge in [-0.15, -0.1) is 11.3 Å². The first-order chi connectivity index (χ1) is 14.1. The minimum Gasteiger partial charge on any atom is -0.294 e. The smallest absolute Gasteiger partial charge is 0.294 e. The van der Waals surface area contributed by atoms with E-state index in [9.17, 15) is 9.59 Å². The molecule has 0 N–H and O–H groups in total. The number of hydrogen-bond acceptors (Lipinski definition) is 7. The molecule has 3 aromatic heterocycles. The van der Waals surface area contributed by atoms with E-state index in [4.69, 9.17) is 5.26 Å². The third kappa shape index (κ3) is 3.00. The van der Waals surface area contributed by atoms with Gasteiger partial charge in [-0.2, -0.15) is 15.3 Å². The molecule has 5 rings (SSSR count). The predicted molar refractivity (Wildman–Crippen MR) is 108 cm³/mol. The second-order valence-corrected chi connectivity index (χ2v) is 8.14. The number of nitrogens with zero attached hydrogens (tertiary/aromatic N) is 5. The van der Waals surface area contributed by atoms with Gasteiger partial charge in [-0.3, -0.25) is 9.59 Å². The highest BCUT2D eigenvalue weighted by atomic mass is 32.1. The number of nitriles is 1. The van der Waals surface area contributed by atoms with Gasteiger partial charge in [0.05, 0.1) is 23.4 Å². The fourth-order valence-corrected chi connectivity index (χ4v) is 4.98. The predicted octanol–water partition coefficient (Wildman–Crippen LogP) is 2.88. The van der Waals surface area contributed by atoms with Gasteiger partial charge in [0.15, 0.2) is 11.4 Å². The first-order valence-electron chi connectivity index (χ1n) is 9.36. The molecule has 0 amide bonds. The average Bonchev–Trinajstić information content (AvgIpc) is 3.13. The van der Waals surface area contributed by atoms with Crippen LogP contribution in [0.3, 0.4) is 0 Å². The number of hydrogen-bond donors (Lipinski definition) is 0. The van der Waals surface area contributed by atoms with Crippen molar-refractivity contribution in [2.24, 2.45) is 0 Å². The first kappa shape index (κ1) is 17.6. The molecule has 1 aromatic carbocycles. The summed E-state index contributed by atoms with van der Waals surface area (Å²) < 4.78 is 1.51. The molecule has 0 atom stereocenters. The van der Waals surface area contributed by atoms with Crippen molar-refractivity contribution in [2.75, 3.05) is 0 Å². The minimum atomic E-state index is -0.491. The summed E-state index contributed by atoms with van der Waals surface area (Å²) in [5, 5.41) is 14.2. The van der Waals surface area contributed by atoms with Gasteiger partial charge in [-0.05, 0) is 43.4 Å². The molecule has 0 fully saturated rings. The fourth-order valence-electron chi connectivity index (χ4n) is 3.76. The van der Waals surface area contributed by atoms with Crippen molar-refractivity contribution in [3.63, 3.8) is 0 Å². The Hall–Kier alpha value is -3.44. The molecule has 4 aromatic rings. The van der Waals surface area contributed by atoms with Crippen molar-refractivity contribution >= 4 is 33.0 Å². The highest BCUT2D eigenvalue weighted by Gasteiger charge is 2.21. The number of rotatable bonds is 3. The lowest BCUT2D eigenvalue weighted by atomic mass is 9.97. The second-order valence-electron chi connectivity index (χ2n) is 7.06. The van der Waals surface area contributed by atoms with Crippen LogP contribution in [0.25, 0.3) is 15.9 Å². The fraction of sp³-hybridized carbons (Fsp3) is 0.238. The molecule has 0 saturated heterocycles. The minimum absolute atomic E-state index is 0.0853. The zero-order valence-electron chi connectivity index (χ0n) is 15.4. The standard InChI is InChI=1S/C21H15N5O2S/c22-10-12-5-7-13(8-6-12)16(27)9-15-20(28)24-19-18-14-3-1-2-4-17(14)29-21(18)23-11-26(19)25-15/h5-8,11H,1-4,9H2. The van der Waals surface area contributed by atoms with Crippen LogP contribution in [0.2, 0.25) is 0 Å². The molecule has 29 heavy (non-hydrogen) atoms. The summed E-state index contributed by atoms with van der Waals surface area (Å²) in [5.74, 6) is -0.247. The quantitative estimate of drug-likeness (QED) is 0.489. The van der Waals surface area contributed by atoms with E-state index in [2.05, 4.69) is 15.1 Å². The topological polar surface area (TPSA) is 101 Å². The number of benzene rings is 1. The molecule has 3 heterocycles. The normalized spacial score (nSPS) is 13.3. The number of fused-ring (bicyclic) bond motifs is 5. The number of aryl methyl sites for hydroxylation is 2. The van der Waals surface area contributed by atoms with Crippen molar-refractivity contribution in [3.8, 4) is 6.07 Å². The van der Waals surface area contributed by atoms with Crippen LogP contribution in [0.5, 0.6) is 0 Å². The second kappa shape index (κ2) is 6.87. The Bertz CT molecular complexity index is 1380. The summed E-state index contributed by atoms with van der Waals surface area (Å²) >= 11 is 1.66. The number of carbonyl (C=O) groups excluding carboxylic acids is 1. The van der Waals surface area contributed by atoms with Gasteiger partial charge in [0.1, 0.15) is 16.9 Å². The Morgan fingerprint density at radius 3 is 2.79 bits per heavy atom. The largest absolute Gasteiger partial charge is 0.295 e. The van der Waals surface area contributed by atoms with Gasteiger partial charge in [0.25, 0.3) is 5.56 Å². The van der Waals surface area contributed by atoms with Crippen LogP contribution in [-0.2, 0) is 19.3 Å². The average molecular weight is 401 g/mol. The highest BCUT2D eigenvalue weighted by Crippen LogP contribution is 2.36. The molecule has 7 nitrogen and oxygen atoms in total. The SMILES string of the molecule is N#Cc1ccc(C(=O)Cc2nn3cnc4sc5c(c4c3nc2=O)CCCC5)cc1. The van der Waals surface area contributed by atoms with Crippen LogP contribution in [0.4, 0.5) is 0 Å². The summed E-state index contributed by atoms with van der Waals surface area (Å²) in [6.45, 7) is 0. The van der Waals surface area contributed by atoms with Gasteiger partial charge in [0.2, 0.25) is 0 Å². The van der Waals surface area contributed by atoms with Gasteiger partial charge in [-0.1, -0.05) is 12.1 Å². The molecule has 8 heteroatoms. The van der Waals surface area contributed by atoms with Crippen LogP contribution < -0.4 is 5.56 Å². The van der Waals surface area contributed by atoms with E-state index < -0.39 is 5.56 Å². The van der Waals surface area contributed by atoms with E-state index in [0.717, 1.165) is 29.5 Å². The van der Waals surface area contributed by atoms with Gasteiger partial charge in [-0.25, -0.2) is 9.50 Å². The highest BCUT2D eigenvalue weighted by molar-refractivity contribution is 7.19. The summed E-state index contributed by atoms with van der Waals surface area (Å²) in [7, 11) is 0. The third-order valence-corrected chi connectivity index (χ3v) is 6.42. The number of Topliss-reactive ketones (excluding diaryl/α,β-unsaturated/α-hetero) is 1. The zero-order valence-corrected chi connectivity index (χ0v) is 16.2. The molecule has 0 saturated carbocycles. The Balaban J connectivity index is 1.56. The molecule has 142 valence electrons. The molecule has 0 radical (unpaired) electrons. The monoisotopic (exact) mass is 401 g/mol. The third-order valence-electron chi connectivity index (χ3n) is 5.22. The van der Waals surface area contributed by atoms with E-state index in [1.54, 1.807) is 41.9 Å². The lowest BCUT2D eigenvalue weighted by Crippen LogP contribution is -2.22. The summed E-state index contributed by atoms with van der Waals surface area (Å²) in [6, 6.07) is 8.32. The maximum Gasteiger partial charge on any atom is 0.295 e. The van der Waals surface area contributed by atoms with E-state index in [1.807, 2.05) is 6.07 Å². The van der Waals surface area contributed by atoms with Crippen molar-refractivity contribution < 1.29 is 4.79 Å². The van der Waals surface area contributed by atoms with Crippen LogP contribution >= 0.6 is 11.3 Å². The van der Waals surface area contributed by atoms with Crippen molar-refractivity contribution in [2.45, 2.75) is 32.1 Å². The summed E-state index contributed by atoms with van der Waals surface area (Å²) in [5.41, 5.74) is 2.24. The van der Waals surface area contributed by atoms with Crippen LogP contribution in [0, 0.1) is 11.3 Å². The van der Waals surface area contributed by atoms with Gasteiger partial charge < -0.3 is 0 Å². The summed E-state index contributed by atoms with van der Waals surface area (Å²) in [6.07, 6.45) is 5.70. The molecular weight excluding hydrogens is 386 g/mol. The van der Waals surface area contributed by atoms with E-state index >= 15 is 0 Å². The molecule has 1 aliphatic rings. The molecule has 0 aliphatic heterocycles. The molecule has 0 bridgehead atoms. The lowest BCUT2D eigenvalue weighted by molar-refractivity contribution is 0.0991. The van der Waals surface area contributed by atoms with Gasteiger partial charge >= 0.3 is 0 Å². The maximum absolute atomic E-state index is 12.6. The Morgan fingerprint density at radius 1 is 1.21 bits per heavy atom. The molecule has 0 unspecified atom stereocenters. The van der Waals surface area contributed by atoms with Crippen molar-refractivity contribution in [1.82, 2.24) is 19.6 Å². The van der Waals surface area contributed by atoms with E-state index in [1.165, 1.54) is 21.4 Å². The van der Waals surface area contributed by atoms with Crippen LogP contribution in [0.1, 0.15) is 44.9 Å². The number of thiophene rings is 1. The van der Waals surface area contributed by atoms with Gasteiger partial charge in [0, 0.05) is 10.4 Å². The molecular formula is C21H15N5O2S. The lowest BCUT2D eigenvalue weighted by Gasteiger charge is -2.10. The van der Waals surface area contributed by atoms with E-state index in [0.29, 0.717) is 16.8 Å². The van der Waals surface area contributed by atoms with Crippen LogP contribution in [0.15, 0.2) is 35.4 Å². The molecule has 0 spiro atoms. The van der Waals surface area contributed by atoms with E-state index in [-0.39, 0.29) is 17.9 Å². The first-order valence-corrected chi connectivity index (χ1v) is 10.2. The Labute approximate surface area is 169 Å². The maximum atomic E-state index is 12.6. The number of aromatic nitrogens is 4. The zero-order chi connectivity index (χ0) is 20.0. The Kier molecular flexibility index (Phi) is 4.18. The van der Waals surface area contributed by atoms with Crippen molar-refractivity contribution in [1.29, 1.82) is 5.26 Å². The summed E-state index contributed by atoms with van der Waals surface area (Å²) in [4.78, 5) is 36.2.